The van der Waals surface area contributed by atoms with E-state index in [2.05, 4.69) is 21.0 Å². The molecule has 7 heteroatoms. The van der Waals surface area contributed by atoms with Gasteiger partial charge in [-0.1, -0.05) is 46.3 Å². The molecule has 1 aliphatic heterocycles. The lowest BCUT2D eigenvalue weighted by Gasteiger charge is -2.15. The average molecular weight is 477 g/mol. The van der Waals surface area contributed by atoms with Crippen LogP contribution in [0, 0.1) is 5.92 Å². The van der Waals surface area contributed by atoms with E-state index in [4.69, 9.17) is 4.74 Å². The summed E-state index contributed by atoms with van der Waals surface area (Å²) in [5.74, 6) is -3.35. The number of carbonyl (C=O) groups is 3. The largest absolute Gasteiger partial charge is 0.430 e. The second kappa shape index (κ2) is 8.65. The van der Waals surface area contributed by atoms with Crippen LogP contribution in [0.15, 0.2) is 83.2 Å². The summed E-state index contributed by atoms with van der Waals surface area (Å²) in [6, 6.07) is 17.2. The normalized spacial score (nSPS) is 16.3. The Labute approximate surface area is 187 Å². The van der Waals surface area contributed by atoms with Gasteiger partial charge in [0.15, 0.2) is 17.5 Å². The van der Waals surface area contributed by atoms with Crippen LogP contribution in [-0.2, 0) is 19.1 Å². The van der Waals surface area contributed by atoms with Crippen LogP contribution in [0.5, 0.6) is 0 Å². The zero-order valence-electron chi connectivity index (χ0n) is 16.5. The fourth-order valence-electron chi connectivity index (χ4n) is 3.25. The number of esters is 1. The highest BCUT2D eigenvalue weighted by Gasteiger charge is 2.36. The van der Waals surface area contributed by atoms with Crippen LogP contribution in [0.2, 0.25) is 0 Å². The summed E-state index contributed by atoms with van der Waals surface area (Å²) in [5.41, 5.74) is 3.03. The maximum Gasteiger partial charge on any atom is 0.329 e. The molecule has 0 aliphatic carbocycles. The monoisotopic (exact) mass is 476 g/mol. The van der Waals surface area contributed by atoms with Crippen LogP contribution >= 0.6 is 15.9 Å². The van der Waals surface area contributed by atoms with Crippen LogP contribution in [0.4, 0.5) is 0 Å². The predicted octanol–water partition coefficient (Wildman–Crippen LogP) is 4.53. The number of allylic oxidation sites excluding steroid dienone is 3. The third kappa shape index (κ3) is 4.46. The lowest BCUT2D eigenvalue weighted by molar-refractivity contribution is -0.151. The zero-order valence-corrected chi connectivity index (χ0v) is 18.1. The maximum atomic E-state index is 12.6. The summed E-state index contributed by atoms with van der Waals surface area (Å²) in [4.78, 5) is 36.8. The molecule has 0 fully saturated rings. The molecule has 0 N–H and O–H groups in total. The molecule has 154 valence electrons. The Morgan fingerprint density at radius 3 is 2.61 bits per heavy atom. The van der Waals surface area contributed by atoms with E-state index in [0.717, 1.165) is 21.8 Å². The maximum absolute atomic E-state index is 12.6. The minimum absolute atomic E-state index is 0.184. The van der Waals surface area contributed by atoms with Crippen LogP contribution < -0.4 is 0 Å². The smallest absolute Gasteiger partial charge is 0.329 e. The van der Waals surface area contributed by atoms with Gasteiger partial charge in [0.1, 0.15) is 5.76 Å². The van der Waals surface area contributed by atoms with Crippen molar-refractivity contribution in [1.82, 2.24) is 9.78 Å². The Morgan fingerprint density at radius 2 is 1.90 bits per heavy atom. The molecule has 1 atom stereocenters. The number of hydrogen-bond donors (Lipinski definition) is 0. The molecule has 0 radical (unpaired) electrons. The number of halogens is 1. The number of ketones is 2. The number of carbonyl (C=O) groups excluding carboxylic acids is 3. The van der Waals surface area contributed by atoms with Gasteiger partial charge in [-0.15, -0.1) is 0 Å². The SMILES string of the molecule is CC1=CC(=O)C(C(=O)/C=C/c2cn(-c3ccccc3)nc2-c2cccc(Br)c2)C(=O)O1. The van der Waals surface area contributed by atoms with Gasteiger partial charge in [0.2, 0.25) is 0 Å². The number of rotatable bonds is 5. The summed E-state index contributed by atoms with van der Waals surface area (Å²) in [6.45, 7) is 1.49. The fraction of sp³-hybridized carbons (Fsp3) is 0.0833. The van der Waals surface area contributed by atoms with Crippen LogP contribution in [0.25, 0.3) is 23.0 Å². The van der Waals surface area contributed by atoms with E-state index in [0.29, 0.717) is 11.3 Å². The van der Waals surface area contributed by atoms with Gasteiger partial charge in [0.05, 0.1) is 11.4 Å². The molecule has 1 aromatic heterocycles. The number of hydrogen-bond acceptors (Lipinski definition) is 5. The second-order valence-electron chi connectivity index (χ2n) is 6.97. The Morgan fingerprint density at radius 1 is 1.13 bits per heavy atom. The molecule has 1 unspecified atom stereocenters. The van der Waals surface area contributed by atoms with Crippen LogP contribution in [-0.4, -0.2) is 27.3 Å². The molecular formula is C24H17BrN2O4. The first-order valence-corrected chi connectivity index (χ1v) is 10.3. The molecule has 1 aliphatic rings. The highest BCUT2D eigenvalue weighted by atomic mass is 79.9. The number of para-hydroxylation sites is 1. The first-order valence-electron chi connectivity index (χ1n) is 9.49. The van der Waals surface area contributed by atoms with Crippen molar-refractivity contribution in [1.29, 1.82) is 0 Å². The Bertz CT molecular complexity index is 1240. The number of ether oxygens (including phenoxy) is 1. The highest BCUT2D eigenvalue weighted by Crippen LogP contribution is 2.27. The van der Waals surface area contributed by atoms with E-state index in [1.54, 1.807) is 17.0 Å². The molecule has 4 rings (SSSR count). The highest BCUT2D eigenvalue weighted by molar-refractivity contribution is 9.10. The lowest BCUT2D eigenvalue weighted by Crippen LogP contribution is -2.34. The quantitative estimate of drug-likeness (QED) is 0.307. The van der Waals surface area contributed by atoms with E-state index in [-0.39, 0.29) is 5.76 Å². The molecule has 0 bridgehead atoms. The Hall–Kier alpha value is -3.58. The van der Waals surface area contributed by atoms with Gasteiger partial charge in [-0.3, -0.25) is 14.4 Å². The summed E-state index contributed by atoms with van der Waals surface area (Å²) >= 11 is 3.47. The molecule has 3 aromatic rings. The molecule has 2 aromatic carbocycles. The van der Waals surface area contributed by atoms with Crippen molar-refractivity contribution in [2.24, 2.45) is 5.92 Å². The van der Waals surface area contributed by atoms with Crippen LogP contribution in [0.1, 0.15) is 12.5 Å². The van der Waals surface area contributed by atoms with E-state index >= 15 is 0 Å². The molecule has 2 heterocycles. The third-order valence-corrected chi connectivity index (χ3v) is 5.19. The average Bonchev–Trinajstić information content (AvgIpc) is 3.16. The zero-order chi connectivity index (χ0) is 22.0. The molecule has 6 nitrogen and oxygen atoms in total. The molecule has 0 saturated carbocycles. The topological polar surface area (TPSA) is 78.3 Å². The molecule has 0 spiro atoms. The lowest BCUT2D eigenvalue weighted by atomic mass is 9.95. The third-order valence-electron chi connectivity index (χ3n) is 4.70. The van der Waals surface area contributed by atoms with Crippen molar-refractivity contribution in [3.63, 3.8) is 0 Å². The summed E-state index contributed by atoms with van der Waals surface area (Å²) in [5, 5.41) is 4.69. The van der Waals surface area contributed by atoms with Gasteiger partial charge >= 0.3 is 5.97 Å². The van der Waals surface area contributed by atoms with Crippen molar-refractivity contribution in [2.75, 3.05) is 0 Å². The van der Waals surface area contributed by atoms with Crippen molar-refractivity contribution in [3.05, 3.63) is 88.7 Å². The van der Waals surface area contributed by atoms with E-state index in [1.165, 1.54) is 13.0 Å². The van der Waals surface area contributed by atoms with E-state index in [9.17, 15) is 14.4 Å². The van der Waals surface area contributed by atoms with E-state index < -0.39 is 23.5 Å². The van der Waals surface area contributed by atoms with Gasteiger partial charge in [-0.05, 0) is 43.3 Å². The van der Waals surface area contributed by atoms with E-state index in [1.807, 2.05) is 54.6 Å². The summed E-state index contributed by atoms with van der Waals surface area (Å²) in [6.07, 6.45) is 5.75. The fourth-order valence-corrected chi connectivity index (χ4v) is 3.65. The summed E-state index contributed by atoms with van der Waals surface area (Å²) in [7, 11) is 0. The van der Waals surface area contributed by atoms with Gasteiger partial charge < -0.3 is 4.74 Å². The molecular weight excluding hydrogens is 460 g/mol. The van der Waals surface area contributed by atoms with Crippen molar-refractivity contribution >= 4 is 39.5 Å². The summed E-state index contributed by atoms with van der Waals surface area (Å²) < 4.78 is 7.54. The standard InChI is InChI=1S/C24H17BrN2O4/c1-15-12-21(29)22(24(30)31-15)20(28)11-10-17-14-27(19-8-3-2-4-9-19)26-23(17)16-6-5-7-18(25)13-16/h2-14,22H,1H3/b11-10+. The molecule has 31 heavy (non-hydrogen) atoms. The van der Waals surface area contributed by atoms with Crippen molar-refractivity contribution < 1.29 is 19.1 Å². The first-order chi connectivity index (χ1) is 14.9. The van der Waals surface area contributed by atoms with Crippen molar-refractivity contribution in [2.45, 2.75) is 6.92 Å². The molecule has 0 saturated heterocycles. The van der Waals surface area contributed by atoms with Gasteiger partial charge in [0.25, 0.3) is 0 Å². The van der Waals surface area contributed by atoms with Gasteiger partial charge in [0, 0.05) is 27.9 Å². The number of cyclic esters (lactones) is 1. The number of aromatic nitrogens is 2. The molecule has 0 amide bonds. The van der Waals surface area contributed by atoms with Crippen molar-refractivity contribution in [3.8, 4) is 16.9 Å². The minimum atomic E-state index is -1.47. The second-order valence-corrected chi connectivity index (χ2v) is 7.89. The Kier molecular flexibility index (Phi) is 5.77. The Balaban J connectivity index is 1.71. The minimum Gasteiger partial charge on any atom is -0.430 e. The van der Waals surface area contributed by atoms with Crippen LogP contribution in [0.3, 0.4) is 0 Å². The predicted molar refractivity (Wildman–Crippen MR) is 119 cm³/mol. The number of benzene rings is 2. The number of nitrogens with zero attached hydrogens (tertiary/aromatic N) is 2. The van der Waals surface area contributed by atoms with Gasteiger partial charge in [-0.25, -0.2) is 4.68 Å². The van der Waals surface area contributed by atoms with Gasteiger partial charge in [-0.2, -0.15) is 5.10 Å². The first kappa shape index (κ1) is 20.7.